The number of rotatable bonds is 19. The highest BCUT2D eigenvalue weighted by Gasteiger charge is 2.36. The first-order valence-corrected chi connectivity index (χ1v) is 14.4. The third-order valence-electron chi connectivity index (χ3n) is 6.95. The Bertz CT molecular complexity index is 916. The van der Waals surface area contributed by atoms with Gasteiger partial charge in [0, 0.05) is 18.4 Å². The molecule has 40 heavy (non-hydrogen) atoms. The molecule has 228 valence electrons. The summed E-state index contributed by atoms with van der Waals surface area (Å²) in [4.78, 5) is 24.9. The minimum atomic E-state index is -1.71. The van der Waals surface area contributed by atoms with Crippen molar-refractivity contribution in [2.45, 2.75) is 129 Å². The van der Waals surface area contributed by atoms with Crippen molar-refractivity contribution < 1.29 is 39.5 Å². The Morgan fingerprint density at radius 2 is 1.75 bits per heavy atom. The monoisotopic (exact) mass is 564 g/mol. The molecule has 4 N–H and O–H groups in total. The summed E-state index contributed by atoms with van der Waals surface area (Å²) in [6, 6.07) is 0. The van der Waals surface area contributed by atoms with E-state index in [-0.39, 0.29) is 18.9 Å². The van der Waals surface area contributed by atoms with Crippen LogP contribution in [0.4, 0.5) is 0 Å². The number of esters is 1. The third-order valence-corrected chi connectivity index (χ3v) is 6.95. The second-order valence-corrected chi connectivity index (χ2v) is 12.0. The van der Waals surface area contributed by atoms with Crippen LogP contribution in [0.15, 0.2) is 48.1 Å². The molecule has 0 aliphatic carbocycles. The summed E-state index contributed by atoms with van der Waals surface area (Å²) in [5.74, 6) is -1.12. The molecule has 8 unspecified atom stereocenters. The van der Waals surface area contributed by atoms with Crippen LogP contribution < -0.4 is 0 Å². The maximum Gasteiger partial charge on any atom is 0.333 e. The Hall–Kier alpha value is -2.10. The van der Waals surface area contributed by atoms with Crippen LogP contribution in [0.3, 0.4) is 0 Å². The van der Waals surface area contributed by atoms with Crippen LogP contribution in [0.1, 0.15) is 87.0 Å². The molecule has 8 atom stereocenters. The molecule has 0 aromatic rings. The standard InChI is InChI=1S/C32H52O8/c1-9-21(4)18-32(8,38)19-25(33)17-26(34)30(36)29(35)23(6)16-24(7)39-31(37)22(5)13-11-10-12-14-27-28(40-27)15-20(2)3/h9,12-14,18,20,23-25,27-30,33,35-36,38H,1,10-11,15-17,19H2,2-8H3. The molecule has 0 spiro atoms. The lowest BCUT2D eigenvalue weighted by Crippen LogP contribution is -2.41. The molecule has 1 aliphatic rings. The molecule has 1 rings (SSSR count). The Morgan fingerprint density at radius 1 is 1.10 bits per heavy atom. The van der Waals surface area contributed by atoms with Crippen molar-refractivity contribution in [1.29, 1.82) is 0 Å². The number of unbranched alkanes of at least 4 members (excludes halogenated alkanes) is 1. The number of carbonyl (C=O) groups excluding carboxylic acids is 2. The maximum atomic E-state index is 12.5. The van der Waals surface area contributed by atoms with Crippen molar-refractivity contribution >= 4 is 11.8 Å². The molecule has 8 nitrogen and oxygen atoms in total. The molecule has 1 saturated heterocycles. The van der Waals surface area contributed by atoms with Gasteiger partial charge >= 0.3 is 5.97 Å². The van der Waals surface area contributed by atoms with Gasteiger partial charge in [-0.15, -0.1) is 0 Å². The molecule has 0 aromatic heterocycles. The lowest BCUT2D eigenvalue weighted by Gasteiger charge is -2.27. The molecular formula is C32H52O8. The molecule has 8 heteroatoms. The molecule has 0 saturated carbocycles. The summed E-state index contributed by atoms with van der Waals surface area (Å²) < 4.78 is 11.1. The van der Waals surface area contributed by atoms with Gasteiger partial charge in [0.2, 0.25) is 0 Å². The summed E-state index contributed by atoms with van der Waals surface area (Å²) in [6.07, 6.45) is 6.99. The first-order valence-electron chi connectivity index (χ1n) is 14.4. The van der Waals surface area contributed by atoms with Gasteiger partial charge in [0.1, 0.15) is 12.2 Å². The van der Waals surface area contributed by atoms with Crippen molar-refractivity contribution in [1.82, 2.24) is 0 Å². The van der Waals surface area contributed by atoms with E-state index in [0.29, 0.717) is 24.0 Å². The second kappa shape index (κ2) is 17.0. The average Bonchev–Trinajstić information content (AvgIpc) is 3.57. The first-order chi connectivity index (χ1) is 18.6. The molecule has 0 bridgehead atoms. The molecule has 0 amide bonds. The fourth-order valence-corrected chi connectivity index (χ4v) is 4.69. The first kappa shape index (κ1) is 35.9. The van der Waals surface area contributed by atoms with Crippen LogP contribution in [0.5, 0.6) is 0 Å². The second-order valence-electron chi connectivity index (χ2n) is 12.0. The van der Waals surface area contributed by atoms with Gasteiger partial charge in [0.25, 0.3) is 0 Å². The number of aliphatic hydroxyl groups excluding tert-OH is 3. The highest BCUT2D eigenvalue weighted by atomic mass is 16.6. The number of Topliss-reactive ketones (excluding diaryl/α,β-unsaturated/α-hetero) is 1. The minimum absolute atomic E-state index is 0.119. The number of allylic oxidation sites excluding steroid dienone is 4. The number of ketones is 1. The number of ether oxygens (including phenoxy) is 2. The van der Waals surface area contributed by atoms with E-state index in [4.69, 9.17) is 9.47 Å². The van der Waals surface area contributed by atoms with E-state index in [1.807, 2.05) is 6.08 Å². The fraction of sp³-hybridized carbons (Fsp3) is 0.688. The summed E-state index contributed by atoms with van der Waals surface area (Å²) in [7, 11) is 0. The lowest BCUT2D eigenvalue weighted by molar-refractivity contribution is -0.146. The molecular weight excluding hydrogens is 512 g/mol. The van der Waals surface area contributed by atoms with Crippen LogP contribution in [0.2, 0.25) is 0 Å². The van der Waals surface area contributed by atoms with Crippen LogP contribution in [0, 0.1) is 11.8 Å². The normalized spacial score (nSPS) is 23.3. The van der Waals surface area contributed by atoms with Crippen LogP contribution >= 0.6 is 0 Å². The van der Waals surface area contributed by atoms with Crippen molar-refractivity contribution in [2.75, 3.05) is 0 Å². The summed E-state index contributed by atoms with van der Waals surface area (Å²) in [5, 5.41) is 41.6. The summed E-state index contributed by atoms with van der Waals surface area (Å²) >= 11 is 0. The van der Waals surface area contributed by atoms with Crippen molar-refractivity contribution in [3.05, 3.63) is 48.1 Å². The SMILES string of the molecule is C=CC(C)=CC(C)(O)CC(O)CC(=O)C(O)C(O)C(C)CC(C)OC(=O)C(C)=CCCC=CC1OC1CC(C)C. The number of epoxide rings is 1. The van der Waals surface area contributed by atoms with E-state index in [2.05, 4.69) is 32.6 Å². The Kier molecular flexibility index (Phi) is 15.3. The van der Waals surface area contributed by atoms with E-state index in [9.17, 15) is 30.0 Å². The van der Waals surface area contributed by atoms with Crippen molar-refractivity contribution in [2.24, 2.45) is 11.8 Å². The molecule has 1 fully saturated rings. The Morgan fingerprint density at radius 3 is 2.35 bits per heavy atom. The highest BCUT2D eigenvalue weighted by molar-refractivity contribution is 5.87. The number of aliphatic hydroxyl groups is 4. The van der Waals surface area contributed by atoms with Gasteiger partial charge < -0.3 is 29.9 Å². The van der Waals surface area contributed by atoms with Gasteiger partial charge in [-0.3, -0.25) is 4.79 Å². The predicted molar refractivity (Wildman–Crippen MR) is 156 cm³/mol. The maximum absolute atomic E-state index is 12.5. The van der Waals surface area contributed by atoms with Crippen LogP contribution in [-0.2, 0) is 19.1 Å². The number of hydrogen-bond acceptors (Lipinski definition) is 8. The Labute approximate surface area is 240 Å². The quantitative estimate of drug-likeness (QED) is 0.0454. The van der Waals surface area contributed by atoms with Crippen molar-refractivity contribution in [3.8, 4) is 0 Å². The van der Waals surface area contributed by atoms with Crippen LogP contribution in [0.25, 0.3) is 0 Å². The fourth-order valence-electron chi connectivity index (χ4n) is 4.69. The zero-order valence-corrected chi connectivity index (χ0v) is 25.4. The van der Waals surface area contributed by atoms with Gasteiger partial charge in [0.05, 0.1) is 30.0 Å². The topological polar surface area (TPSA) is 137 Å². The predicted octanol–water partition coefficient (Wildman–Crippen LogP) is 4.36. The number of carbonyl (C=O) groups is 2. The zero-order valence-electron chi connectivity index (χ0n) is 25.4. The molecule has 0 radical (unpaired) electrons. The van der Waals surface area contributed by atoms with E-state index in [0.717, 1.165) is 18.4 Å². The van der Waals surface area contributed by atoms with E-state index < -0.39 is 54.1 Å². The summed E-state index contributed by atoms with van der Waals surface area (Å²) in [5.41, 5.74) is -0.146. The van der Waals surface area contributed by atoms with Gasteiger partial charge in [0.15, 0.2) is 5.78 Å². The van der Waals surface area contributed by atoms with E-state index >= 15 is 0 Å². The average molecular weight is 565 g/mol. The highest BCUT2D eigenvalue weighted by Crippen LogP contribution is 2.29. The third kappa shape index (κ3) is 14.0. The number of hydrogen-bond donors (Lipinski definition) is 4. The van der Waals surface area contributed by atoms with Gasteiger partial charge in [-0.05, 0) is 65.2 Å². The van der Waals surface area contributed by atoms with Gasteiger partial charge in [-0.2, -0.15) is 0 Å². The van der Waals surface area contributed by atoms with Crippen molar-refractivity contribution in [3.63, 3.8) is 0 Å². The van der Waals surface area contributed by atoms with E-state index in [1.54, 1.807) is 33.8 Å². The molecule has 1 heterocycles. The minimum Gasteiger partial charge on any atom is -0.459 e. The molecule has 0 aromatic carbocycles. The largest absolute Gasteiger partial charge is 0.459 e. The van der Waals surface area contributed by atoms with Crippen LogP contribution in [-0.4, -0.2) is 74.4 Å². The zero-order chi connectivity index (χ0) is 30.6. The smallest absolute Gasteiger partial charge is 0.333 e. The van der Waals surface area contributed by atoms with Gasteiger partial charge in [-0.25, -0.2) is 4.79 Å². The van der Waals surface area contributed by atoms with Gasteiger partial charge in [-0.1, -0.05) is 63.3 Å². The Balaban J connectivity index is 2.45. The van der Waals surface area contributed by atoms with E-state index in [1.165, 1.54) is 13.0 Å². The summed E-state index contributed by atoms with van der Waals surface area (Å²) in [6.45, 7) is 16.3. The molecule has 1 aliphatic heterocycles. The lowest BCUT2D eigenvalue weighted by atomic mass is 9.89.